The number of aryl methyl sites for hydroxylation is 1. The van der Waals surface area contributed by atoms with E-state index in [1.54, 1.807) is 0 Å². The van der Waals surface area contributed by atoms with Crippen LogP contribution in [0.15, 0.2) is 24.3 Å². The first-order valence-corrected chi connectivity index (χ1v) is 7.22. The average Bonchev–Trinajstić information content (AvgIpc) is 2.40. The van der Waals surface area contributed by atoms with E-state index in [-0.39, 0.29) is 0 Å². The smallest absolute Gasteiger partial charge is 0.0955 e. The van der Waals surface area contributed by atoms with E-state index in [4.69, 9.17) is 5.41 Å². The van der Waals surface area contributed by atoms with Crippen LogP contribution >= 0.6 is 0 Å². The topological polar surface area (TPSA) is 39.1 Å². The van der Waals surface area contributed by atoms with Crippen LogP contribution in [0.4, 0.5) is 5.69 Å². The van der Waals surface area contributed by atoms with Crippen LogP contribution in [-0.2, 0) is 0 Å². The van der Waals surface area contributed by atoms with Gasteiger partial charge in [0.1, 0.15) is 0 Å². The van der Waals surface area contributed by atoms with Crippen molar-refractivity contribution >= 4 is 11.5 Å². The Morgan fingerprint density at radius 1 is 1.32 bits per heavy atom. The largest absolute Gasteiger partial charge is 0.385 e. The molecule has 3 heteroatoms. The highest BCUT2D eigenvalue weighted by Gasteiger charge is 2.03. The second-order valence-electron chi connectivity index (χ2n) is 5.12. The molecule has 1 rings (SSSR count). The van der Waals surface area contributed by atoms with Crippen molar-refractivity contribution in [2.75, 3.05) is 25.5 Å². The van der Waals surface area contributed by atoms with Crippen LogP contribution in [0.25, 0.3) is 0 Å². The van der Waals surface area contributed by atoms with Crippen molar-refractivity contribution in [1.29, 1.82) is 5.41 Å². The number of nitrogens with zero attached hydrogens (tertiary/aromatic N) is 1. The van der Waals surface area contributed by atoms with Gasteiger partial charge in [0.25, 0.3) is 0 Å². The monoisotopic (exact) mass is 261 g/mol. The second-order valence-corrected chi connectivity index (χ2v) is 5.12. The number of benzene rings is 1. The molecule has 0 aliphatic heterocycles. The molecule has 0 aliphatic rings. The summed E-state index contributed by atoms with van der Waals surface area (Å²) >= 11 is 0. The summed E-state index contributed by atoms with van der Waals surface area (Å²) in [6, 6.07) is 8.41. The van der Waals surface area contributed by atoms with Gasteiger partial charge in [0.2, 0.25) is 0 Å². The summed E-state index contributed by atoms with van der Waals surface area (Å²) in [6.45, 7) is 6.21. The maximum Gasteiger partial charge on any atom is 0.0955 e. The van der Waals surface area contributed by atoms with E-state index in [9.17, 15) is 0 Å². The number of hydrogen-bond acceptors (Lipinski definition) is 2. The molecule has 0 amide bonds. The molecular formula is C16H27N3. The molecule has 0 saturated carbocycles. The molecule has 0 radical (unpaired) electrons. The Hall–Kier alpha value is -1.51. The lowest BCUT2D eigenvalue weighted by atomic mass is 10.2. The molecule has 0 heterocycles. The molecule has 2 N–H and O–H groups in total. The van der Waals surface area contributed by atoms with E-state index in [1.807, 2.05) is 7.05 Å². The first-order chi connectivity index (χ1) is 9.13. The van der Waals surface area contributed by atoms with Gasteiger partial charge in [0.05, 0.1) is 5.84 Å². The highest BCUT2D eigenvalue weighted by Crippen LogP contribution is 2.09. The summed E-state index contributed by atoms with van der Waals surface area (Å²) in [4.78, 5) is 2.07. The summed E-state index contributed by atoms with van der Waals surface area (Å²) in [7, 11) is 2.02. The molecule has 1 aromatic carbocycles. The average molecular weight is 261 g/mol. The van der Waals surface area contributed by atoms with Gasteiger partial charge in [0.15, 0.2) is 0 Å². The molecule has 0 aliphatic carbocycles. The van der Waals surface area contributed by atoms with Crippen LogP contribution < -0.4 is 5.32 Å². The molecule has 0 unspecified atom stereocenters. The lowest BCUT2D eigenvalue weighted by Gasteiger charge is -2.19. The van der Waals surface area contributed by atoms with Crippen LogP contribution in [0.1, 0.15) is 38.2 Å². The Morgan fingerprint density at radius 2 is 2.11 bits per heavy atom. The number of nitrogens with one attached hydrogen (secondary N) is 2. The number of hydrogen-bond donors (Lipinski definition) is 2. The van der Waals surface area contributed by atoms with E-state index in [2.05, 4.69) is 48.3 Å². The summed E-state index contributed by atoms with van der Waals surface area (Å²) in [5.74, 6) is 0.750. The first kappa shape index (κ1) is 15.5. The van der Waals surface area contributed by atoms with Crippen LogP contribution in [0.3, 0.4) is 0 Å². The predicted octanol–water partition coefficient (Wildman–Crippen LogP) is 3.90. The molecular weight excluding hydrogens is 234 g/mol. The van der Waals surface area contributed by atoms with E-state index < -0.39 is 0 Å². The van der Waals surface area contributed by atoms with E-state index >= 15 is 0 Å². The molecule has 19 heavy (non-hydrogen) atoms. The van der Waals surface area contributed by atoms with Gasteiger partial charge in [-0.15, -0.1) is 0 Å². The fraction of sp³-hybridized carbons (Fsp3) is 0.562. The Bertz CT molecular complexity index is 387. The van der Waals surface area contributed by atoms with Gasteiger partial charge in [-0.25, -0.2) is 0 Å². The van der Waals surface area contributed by atoms with Crippen LogP contribution in [-0.4, -0.2) is 30.9 Å². The maximum atomic E-state index is 7.99. The van der Waals surface area contributed by atoms with E-state index in [1.165, 1.54) is 24.1 Å². The van der Waals surface area contributed by atoms with Gasteiger partial charge in [0, 0.05) is 32.2 Å². The highest BCUT2D eigenvalue weighted by molar-refractivity contribution is 5.78. The summed E-state index contributed by atoms with van der Waals surface area (Å²) in [5.41, 5.74) is 2.45. The molecule has 106 valence electrons. The molecule has 0 fully saturated rings. The van der Waals surface area contributed by atoms with Crippen LogP contribution in [0.5, 0.6) is 0 Å². The molecule has 0 saturated heterocycles. The normalized spacial score (nSPS) is 10.3. The fourth-order valence-electron chi connectivity index (χ4n) is 1.96. The standard InChI is InChI=1S/C16H27N3/c1-4-5-12-19(3)16(17)10-7-11-18-15-9-6-8-14(2)13-15/h6,8-9,13,17-18H,4-5,7,10-12H2,1-3H3. The zero-order valence-electron chi connectivity index (χ0n) is 12.5. The van der Waals surface area contributed by atoms with Crippen LogP contribution in [0.2, 0.25) is 0 Å². The third-order valence-electron chi connectivity index (χ3n) is 3.25. The lowest BCUT2D eigenvalue weighted by Crippen LogP contribution is -2.27. The van der Waals surface area contributed by atoms with Crippen molar-refractivity contribution in [2.24, 2.45) is 0 Å². The molecule has 0 spiro atoms. The third kappa shape index (κ3) is 6.27. The van der Waals surface area contributed by atoms with Gasteiger partial charge >= 0.3 is 0 Å². The minimum atomic E-state index is 0.750. The number of amidine groups is 1. The van der Waals surface area contributed by atoms with Crippen molar-refractivity contribution in [3.05, 3.63) is 29.8 Å². The van der Waals surface area contributed by atoms with Crippen molar-refractivity contribution in [3.63, 3.8) is 0 Å². The number of rotatable bonds is 8. The Kier molecular flexibility index (Phi) is 7.01. The maximum absolute atomic E-state index is 7.99. The molecule has 0 bridgehead atoms. The van der Waals surface area contributed by atoms with Crippen LogP contribution in [0, 0.1) is 12.3 Å². The van der Waals surface area contributed by atoms with Gasteiger partial charge in [-0.2, -0.15) is 0 Å². The van der Waals surface area contributed by atoms with Crippen molar-refractivity contribution in [2.45, 2.75) is 39.5 Å². The third-order valence-corrected chi connectivity index (χ3v) is 3.25. The Morgan fingerprint density at radius 3 is 2.79 bits per heavy atom. The van der Waals surface area contributed by atoms with Crippen molar-refractivity contribution in [1.82, 2.24) is 4.90 Å². The predicted molar refractivity (Wildman–Crippen MR) is 84.2 cm³/mol. The fourth-order valence-corrected chi connectivity index (χ4v) is 1.96. The van der Waals surface area contributed by atoms with Gasteiger partial charge in [-0.1, -0.05) is 25.5 Å². The van der Waals surface area contributed by atoms with E-state index in [0.29, 0.717) is 0 Å². The minimum absolute atomic E-state index is 0.750. The van der Waals surface area contributed by atoms with Gasteiger partial charge in [-0.05, 0) is 37.5 Å². The molecule has 1 aromatic rings. The highest BCUT2D eigenvalue weighted by atomic mass is 15.1. The minimum Gasteiger partial charge on any atom is -0.385 e. The molecule has 0 atom stereocenters. The van der Waals surface area contributed by atoms with Crippen molar-refractivity contribution < 1.29 is 0 Å². The summed E-state index contributed by atoms with van der Waals surface area (Å²) < 4.78 is 0. The second kappa shape index (κ2) is 8.57. The Labute approximate surface area is 117 Å². The first-order valence-electron chi connectivity index (χ1n) is 7.22. The zero-order valence-corrected chi connectivity index (χ0v) is 12.5. The Balaban J connectivity index is 2.18. The summed E-state index contributed by atoms with van der Waals surface area (Å²) in [6.07, 6.45) is 4.20. The molecule has 0 aromatic heterocycles. The zero-order chi connectivity index (χ0) is 14.1. The van der Waals surface area contributed by atoms with Gasteiger partial charge in [-0.3, -0.25) is 5.41 Å². The molecule has 3 nitrogen and oxygen atoms in total. The summed E-state index contributed by atoms with van der Waals surface area (Å²) in [5, 5.41) is 11.4. The number of anilines is 1. The van der Waals surface area contributed by atoms with E-state index in [0.717, 1.165) is 31.8 Å². The SMILES string of the molecule is CCCCN(C)C(=N)CCCNc1cccc(C)c1. The quantitative estimate of drug-likeness (QED) is 0.423. The van der Waals surface area contributed by atoms with Crippen molar-refractivity contribution in [3.8, 4) is 0 Å². The van der Waals surface area contributed by atoms with Gasteiger partial charge < -0.3 is 10.2 Å². The lowest BCUT2D eigenvalue weighted by molar-refractivity contribution is 0.470. The number of unbranched alkanes of at least 4 members (excludes halogenated alkanes) is 1.